The van der Waals surface area contributed by atoms with E-state index in [9.17, 15) is 14.4 Å². The van der Waals surface area contributed by atoms with Crippen LogP contribution in [0.15, 0.2) is 60.7 Å². The first kappa shape index (κ1) is 28.4. The lowest BCUT2D eigenvalue weighted by Gasteiger charge is -2.59. The number of hydrogen-bond acceptors (Lipinski definition) is 3. The molecule has 0 aromatic heterocycles. The van der Waals surface area contributed by atoms with Gasteiger partial charge in [0.25, 0.3) is 0 Å². The van der Waals surface area contributed by atoms with Gasteiger partial charge in [-0.25, -0.2) is 0 Å². The molecule has 6 rings (SSSR count). The number of carbonyl (C=O) groups is 3. The summed E-state index contributed by atoms with van der Waals surface area (Å²) >= 11 is 0. The van der Waals surface area contributed by atoms with E-state index < -0.39 is 0 Å². The molecule has 2 aromatic rings. The molecule has 0 heterocycles. The Morgan fingerprint density at radius 1 is 0.878 bits per heavy atom. The second-order valence-electron chi connectivity index (χ2n) is 14.5. The topological polar surface area (TPSA) is 63.2 Å². The smallest absolute Gasteiger partial charge is 0.220 e. The minimum absolute atomic E-state index is 0.0587. The van der Waals surface area contributed by atoms with E-state index >= 15 is 0 Å². The zero-order chi connectivity index (χ0) is 28.8. The Hall–Kier alpha value is -2.75. The van der Waals surface area contributed by atoms with Gasteiger partial charge >= 0.3 is 0 Å². The summed E-state index contributed by atoms with van der Waals surface area (Å²) < 4.78 is 0. The number of fused-ring (bicyclic) bond motifs is 5. The first-order chi connectivity index (χ1) is 19.7. The molecule has 4 aliphatic rings. The Morgan fingerprint density at radius 3 is 2.29 bits per heavy atom. The van der Waals surface area contributed by atoms with Crippen molar-refractivity contribution in [1.29, 1.82) is 0 Å². The molecule has 1 unspecified atom stereocenters. The summed E-state index contributed by atoms with van der Waals surface area (Å²) in [5, 5.41) is 3.39. The number of amides is 1. The number of benzene rings is 2. The average Bonchev–Trinajstić information content (AvgIpc) is 3.32. The summed E-state index contributed by atoms with van der Waals surface area (Å²) in [6, 6.07) is 20.6. The molecule has 9 atom stereocenters. The van der Waals surface area contributed by atoms with Gasteiger partial charge in [-0.05, 0) is 90.1 Å². The van der Waals surface area contributed by atoms with Crippen molar-refractivity contribution in [2.45, 2.75) is 91.0 Å². The molecule has 4 aliphatic carbocycles. The van der Waals surface area contributed by atoms with E-state index in [1.165, 1.54) is 5.56 Å². The zero-order valence-corrected chi connectivity index (χ0v) is 25.1. The van der Waals surface area contributed by atoms with Gasteiger partial charge in [0.2, 0.25) is 5.91 Å². The van der Waals surface area contributed by atoms with Gasteiger partial charge in [-0.2, -0.15) is 0 Å². The second kappa shape index (κ2) is 11.2. The van der Waals surface area contributed by atoms with E-state index in [0.29, 0.717) is 55.0 Å². The van der Waals surface area contributed by atoms with Gasteiger partial charge in [-0.3, -0.25) is 14.4 Å². The van der Waals surface area contributed by atoms with E-state index in [1.807, 2.05) is 24.3 Å². The van der Waals surface area contributed by atoms with Crippen LogP contribution in [0.5, 0.6) is 0 Å². The van der Waals surface area contributed by atoms with Crippen LogP contribution in [0.4, 0.5) is 0 Å². The van der Waals surface area contributed by atoms with Crippen LogP contribution >= 0.6 is 0 Å². The van der Waals surface area contributed by atoms with Crippen molar-refractivity contribution in [3.63, 3.8) is 0 Å². The Bertz CT molecular complexity index is 1270. The Kier molecular flexibility index (Phi) is 7.72. The third-order valence-corrected chi connectivity index (χ3v) is 12.4. The van der Waals surface area contributed by atoms with Crippen molar-refractivity contribution in [2.75, 3.05) is 0 Å². The molecule has 0 radical (unpaired) electrons. The van der Waals surface area contributed by atoms with Crippen LogP contribution in [0.3, 0.4) is 0 Å². The van der Waals surface area contributed by atoms with E-state index in [4.69, 9.17) is 0 Å². The number of hydrogen-bond donors (Lipinski definition) is 1. The largest absolute Gasteiger partial charge is 0.349 e. The number of nitrogens with one attached hydrogen (secondary N) is 1. The van der Waals surface area contributed by atoms with E-state index in [1.54, 1.807) is 0 Å². The normalized spacial score (nSPS) is 36.0. The fraction of sp³-hybridized carbons (Fsp3) is 0.595. The van der Waals surface area contributed by atoms with Crippen molar-refractivity contribution in [2.24, 2.45) is 46.3 Å². The maximum atomic E-state index is 13.7. The highest BCUT2D eigenvalue weighted by Gasteiger charge is 2.63. The predicted octanol–water partition coefficient (Wildman–Crippen LogP) is 7.52. The summed E-state index contributed by atoms with van der Waals surface area (Å²) in [6.45, 7) is 7.11. The number of carbonyl (C=O) groups excluding carboxylic acids is 3. The van der Waals surface area contributed by atoms with Crippen molar-refractivity contribution in [1.82, 2.24) is 5.32 Å². The minimum atomic E-state index is -0.0587. The maximum Gasteiger partial charge on any atom is 0.220 e. The van der Waals surface area contributed by atoms with Crippen LogP contribution in [0, 0.1) is 46.3 Å². The number of Topliss-reactive ketones (excluding diaryl/α,β-unsaturated/α-hetero) is 2. The molecule has 41 heavy (non-hydrogen) atoms. The van der Waals surface area contributed by atoms with Gasteiger partial charge in [0.15, 0.2) is 0 Å². The quantitative estimate of drug-likeness (QED) is 0.386. The third kappa shape index (κ3) is 5.21. The van der Waals surface area contributed by atoms with Crippen molar-refractivity contribution >= 4 is 17.5 Å². The average molecular weight is 554 g/mol. The molecule has 4 fully saturated rings. The first-order valence-corrected chi connectivity index (χ1v) is 16.1. The van der Waals surface area contributed by atoms with Gasteiger partial charge in [-0.1, -0.05) is 81.4 Å². The maximum absolute atomic E-state index is 13.7. The molecule has 0 spiro atoms. The lowest BCUT2D eigenvalue weighted by molar-refractivity contribution is -0.159. The molecular weight excluding hydrogens is 506 g/mol. The van der Waals surface area contributed by atoms with Crippen LogP contribution in [0.2, 0.25) is 0 Å². The van der Waals surface area contributed by atoms with Crippen LogP contribution in [-0.4, -0.2) is 17.5 Å². The van der Waals surface area contributed by atoms with E-state index in [2.05, 4.69) is 62.5 Å². The van der Waals surface area contributed by atoms with Crippen molar-refractivity contribution in [3.05, 3.63) is 71.8 Å². The summed E-state index contributed by atoms with van der Waals surface area (Å²) in [6.07, 6.45) is 8.58. The monoisotopic (exact) mass is 553 g/mol. The standard InChI is InChI=1S/C37H47NO3/c1-24(20-34(41)38-32(26-12-8-5-9-13-26)21-25-10-6-4-7-11-25)29-14-15-30-35-31(17-19-37(29,30)3)36(2)18-16-28(39)22-27(36)23-33(35)40/h4-13,24,27,29-32,35H,14-23H2,1-3H3,(H,38,41)/t24-,27+,29-,30+,31+,32?,35+,36+,37-/m1/s1. The van der Waals surface area contributed by atoms with Gasteiger partial charge < -0.3 is 5.32 Å². The van der Waals surface area contributed by atoms with E-state index in [0.717, 1.165) is 44.1 Å². The Morgan fingerprint density at radius 2 is 1.56 bits per heavy atom. The van der Waals surface area contributed by atoms with Crippen molar-refractivity contribution in [3.8, 4) is 0 Å². The molecular formula is C37H47NO3. The Labute approximate surface area is 246 Å². The third-order valence-electron chi connectivity index (χ3n) is 12.4. The highest BCUT2D eigenvalue weighted by molar-refractivity contribution is 5.86. The summed E-state index contributed by atoms with van der Waals surface area (Å²) in [5.74, 6) is 2.85. The first-order valence-electron chi connectivity index (χ1n) is 16.1. The number of rotatable bonds is 7. The summed E-state index contributed by atoms with van der Waals surface area (Å²) in [7, 11) is 0. The molecule has 1 amide bonds. The summed E-state index contributed by atoms with van der Waals surface area (Å²) in [5.41, 5.74) is 2.58. The lowest BCUT2D eigenvalue weighted by Crippen LogP contribution is -2.57. The highest BCUT2D eigenvalue weighted by Crippen LogP contribution is 2.67. The van der Waals surface area contributed by atoms with Gasteiger partial charge in [0, 0.05) is 31.6 Å². The minimum Gasteiger partial charge on any atom is -0.349 e. The van der Waals surface area contributed by atoms with Crippen molar-refractivity contribution < 1.29 is 14.4 Å². The van der Waals surface area contributed by atoms with Gasteiger partial charge in [0.1, 0.15) is 11.6 Å². The molecule has 218 valence electrons. The molecule has 0 aliphatic heterocycles. The zero-order valence-electron chi connectivity index (χ0n) is 25.1. The molecule has 4 saturated carbocycles. The van der Waals surface area contributed by atoms with Crippen LogP contribution in [0.25, 0.3) is 0 Å². The summed E-state index contributed by atoms with van der Waals surface area (Å²) in [4.78, 5) is 39.5. The molecule has 0 saturated heterocycles. The second-order valence-corrected chi connectivity index (χ2v) is 14.5. The SMILES string of the molecule is C[C@H](CC(=O)NC(Cc1ccccc1)c1ccccc1)[C@H]1CC[C@H]2[C@@H]3C(=O)C[C@@H]4CC(=O)CC[C@]4(C)[C@H]3CC[C@]12C. The van der Waals surface area contributed by atoms with E-state index in [-0.39, 0.29) is 40.5 Å². The number of ketones is 2. The Balaban J connectivity index is 1.15. The lowest BCUT2D eigenvalue weighted by atomic mass is 9.44. The molecule has 1 N–H and O–H groups in total. The van der Waals surface area contributed by atoms with Crippen LogP contribution < -0.4 is 5.32 Å². The fourth-order valence-corrected chi connectivity index (χ4v) is 10.2. The molecule has 2 aromatic carbocycles. The molecule has 0 bridgehead atoms. The predicted molar refractivity (Wildman–Crippen MR) is 162 cm³/mol. The van der Waals surface area contributed by atoms with Crippen LogP contribution in [0.1, 0.15) is 95.7 Å². The van der Waals surface area contributed by atoms with Gasteiger partial charge in [-0.15, -0.1) is 0 Å². The fourth-order valence-electron chi connectivity index (χ4n) is 10.2. The molecule has 4 heteroatoms. The van der Waals surface area contributed by atoms with Crippen LogP contribution in [-0.2, 0) is 20.8 Å². The highest BCUT2D eigenvalue weighted by atomic mass is 16.2. The molecule has 4 nitrogen and oxygen atoms in total. The van der Waals surface area contributed by atoms with Gasteiger partial charge in [0.05, 0.1) is 6.04 Å².